The van der Waals surface area contributed by atoms with Crippen LogP contribution in [0.2, 0.25) is 0 Å². The first kappa shape index (κ1) is 19.3. The van der Waals surface area contributed by atoms with E-state index in [0.29, 0.717) is 19.4 Å². The standard InChI is InChI=1S/C20H30N2O3/c1-14-5-9-16(10-6-14)20(2,3)13-22(4)19(25)21-17-11-7-15(8-12-17)18(23)24/h5-6,9-10,15,17H,7-8,11-13H2,1-4H3,(H,21,25)(H,23,24). The van der Waals surface area contributed by atoms with Crippen molar-refractivity contribution < 1.29 is 14.7 Å². The topological polar surface area (TPSA) is 69.6 Å². The second-order valence-electron chi connectivity index (χ2n) is 7.94. The Morgan fingerprint density at radius 3 is 2.24 bits per heavy atom. The van der Waals surface area contributed by atoms with E-state index in [2.05, 4.69) is 50.4 Å². The molecule has 0 aliphatic heterocycles. The van der Waals surface area contributed by atoms with Crippen LogP contribution in [0.5, 0.6) is 0 Å². The monoisotopic (exact) mass is 346 g/mol. The lowest BCUT2D eigenvalue weighted by molar-refractivity contribution is -0.142. The number of aliphatic carboxylic acids is 1. The molecule has 0 radical (unpaired) electrons. The molecule has 1 aromatic carbocycles. The van der Waals surface area contributed by atoms with Crippen molar-refractivity contribution in [2.75, 3.05) is 13.6 Å². The zero-order valence-corrected chi connectivity index (χ0v) is 15.7. The van der Waals surface area contributed by atoms with Crippen LogP contribution in [0, 0.1) is 12.8 Å². The third kappa shape index (κ3) is 5.21. The Kier molecular flexibility index (Phi) is 6.09. The highest BCUT2D eigenvalue weighted by Gasteiger charge is 2.29. The zero-order chi connectivity index (χ0) is 18.6. The maximum absolute atomic E-state index is 12.5. The number of amides is 2. The summed E-state index contributed by atoms with van der Waals surface area (Å²) < 4.78 is 0. The minimum absolute atomic E-state index is 0.0769. The van der Waals surface area contributed by atoms with Gasteiger partial charge in [0.15, 0.2) is 0 Å². The first-order valence-electron chi connectivity index (χ1n) is 9.00. The van der Waals surface area contributed by atoms with Crippen LogP contribution in [-0.2, 0) is 10.2 Å². The Morgan fingerprint density at radius 1 is 1.16 bits per heavy atom. The van der Waals surface area contributed by atoms with Gasteiger partial charge >= 0.3 is 12.0 Å². The highest BCUT2D eigenvalue weighted by molar-refractivity contribution is 5.74. The number of carbonyl (C=O) groups is 2. The largest absolute Gasteiger partial charge is 0.481 e. The Labute approximate surface area is 150 Å². The van der Waals surface area contributed by atoms with Gasteiger partial charge in [0, 0.05) is 25.0 Å². The summed E-state index contributed by atoms with van der Waals surface area (Å²) in [6.45, 7) is 6.96. The summed E-state index contributed by atoms with van der Waals surface area (Å²) in [5.41, 5.74) is 2.29. The number of carboxylic acid groups (broad SMARTS) is 1. The number of hydrogen-bond acceptors (Lipinski definition) is 2. The molecule has 2 N–H and O–H groups in total. The molecule has 2 rings (SSSR count). The van der Waals surface area contributed by atoms with Crippen molar-refractivity contribution in [3.63, 3.8) is 0 Å². The van der Waals surface area contributed by atoms with Gasteiger partial charge in [0.25, 0.3) is 0 Å². The molecule has 0 aromatic heterocycles. The van der Waals surface area contributed by atoms with Gasteiger partial charge in [0.05, 0.1) is 5.92 Å². The molecule has 5 heteroatoms. The molecule has 138 valence electrons. The first-order valence-corrected chi connectivity index (χ1v) is 9.00. The molecule has 5 nitrogen and oxygen atoms in total. The SMILES string of the molecule is Cc1ccc(C(C)(C)CN(C)C(=O)NC2CCC(C(=O)O)CC2)cc1. The maximum Gasteiger partial charge on any atom is 0.317 e. The Bertz CT molecular complexity index is 602. The Hall–Kier alpha value is -2.04. The van der Waals surface area contributed by atoms with E-state index < -0.39 is 5.97 Å². The number of rotatable bonds is 5. The number of benzene rings is 1. The molecule has 0 atom stereocenters. The second kappa shape index (κ2) is 7.89. The third-order valence-electron chi connectivity index (χ3n) is 5.22. The fourth-order valence-corrected chi connectivity index (χ4v) is 3.53. The predicted molar refractivity (Wildman–Crippen MR) is 98.7 cm³/mol. The average molecular weight is 346 g/mol. The van der Waals surface area contributed by atoms with Crippen molar-refractivity contribution in [2.24, 2.45) is 5.92 Å². The van der Waals surface area contributed by atoms with Gasteiger partial charge in [-0.2, -0.15) is 0 Å². The summed E-state index contributed by atoms with van der Waals surface area (Å²) in [6.07, 6.45) is 2.74. The number of likely N-dealkylation sites (N-methyl/N-ethyl adjacent to an activating group) is 1. The van der Waals surface area contributed by atoms with Crippen molar-refractivity contribution in [2.45, 2.75) is 57.9 Å². The van der Waals surface area contributed by atoms with Gasteiger partial charge in [-0.1, -0.05) is 43.7 Å². The number of carbonyl (C=O) groups excluding carboxylic acids is 1. The minimum atomic E-state index is -0.721. The smallest absolute Gasteiger partial charge is 0.317 e. The van der Waals surface area contributed by atoms with Gasteiger partial charge < -0.3 is 15.3 Å². The fourth-order valence-electron chi connectivity index (χ4n) is 3.53. The Balaban J connectivity index is 1.87. The summed E-state index contributed by atoms with van der Waals surface area (Å²) in [6, 6.07) is 8.42. The number of nitrogens with zero attached hydrogens (tertiary/aromatic N) is 1. The molecule has 0 unspecified atom stereocenters. The van der Waals surface area contributed by atoms with E-state index in [1.165, 1.54) is 11.1 Å². The molecule has 1 aliphatic carbocycles. The molecule has 0 heterocycles. The van der Waals surface area contributed by atoms with E-state index in [1.807, 2.05) is 7.05 Å². The van der Waals surface area contributed by atoms with E-state index in [9.17, 15) is 9.59 Å². The molecule has 2 amide bonds. The molecule has 1 saturated carbocycles. The lowest BCUT2D eigenvalue weighted by Crippen LogP contribution is -2.48. The zero-order valence-electron chi connectivity index (χ0n) is 15.7. The summed E-state index contributed by atoms with van der Waals surface area (Å²) in [5.74, 6) is -0.979. The van der Waals surface area contributed by atoms with Crippen LogP contribution < -0.4 is 5.32 Å². The van der Waals surface area contributed by atoms with Gasteiger partial charge in [0.1, 0.15) is 0 Å². The van der Waals surface area contributed by atoms with Gasteiger partial charge in [-0.3, -0.25) is 4.79 Å². The average Bonchev–Trinajstić information content (AvgIpc) is 2.55. The molecule has 1 aromatic rings. The molecule has 0 bridgehead atoms. The normalized spacial score (nSPS) is 20.8. The number of hydrogen-bond donors (Lipinski definition) is 2. The number of aryl methyl sites for hydroxylation is 1. The predicted octanol–water partition coefficient (Wildman–Crippen LogP) is 3.56. The van der Waals surface area contributed by atoms with E-state index >= 15 is 0 Å². The number of nitrogens with one attached hydrogen (secondary N) is 1. The minimum Gasteiger partial charge on any atom is -0.481 e. The van der Waals surface area contributed by atoms with Gasteiger partial charge in [-0.25, -0.2) is 4.79 Å². The van der Waals surface area contributed by atoms with E-state index in [-0.39, 0.29) is 23.4 Å². The molecule has 1 fully saturated rings. The van der Waals surface area contributed by atoms with Crippen molar-refractivity contribution in [3.8, 4) is 0 Å². The number of urea groups is 1. The molecule has 25 heavy (non-hydrogen) atoms. The van der Waals surface area contributed by atoms with Crippen LogP contribution >= 0.6 is 0 Å². The second-order valence-corrected chi connectivity index (χ2v) is 7.94. The van der Waals surface area contributed by atoms with Crippen LogP contribution in [-0.4, -0.2) is 41.6 Å². The van der Waals surface area contributed by atoms with Gasteiger partial charge in [-0.05, 0) is 38.2 Å². The van der Waals surface area contributed by atoms with Crippen molar-refractivity contribution >= 4 is 12.0 Å². The van der Waals surface area contributed by atoms with Crippen LogP contribution in [0.15, 0.2) is 24.3 Å². The highest BCUT2D eigenvalue weighted by Crippen LogP contribution is 2.26. The van der Waals surface area contributed by atoms with Gasteiger partial charge in [0.2, 0.25) is 0 Å². The summed E-state index contributed by atoms with van der Waals surface area (Å²) in [5, 5.41) is 12.1. The summed E-state index contributed by atoms with van der Waals surface area (Å²) in [4.78, 5) is 25.2. The summed E-state index contributed by atoms with van der Waals surface area (Å²) >= 11 is 0. The lowest BCUT2D eigenvalue weighted by atomic mass is 9.84. The highest BCUT2D eigenvalue weighted by atomic mass is 16.4. The van der Waals surface area contributed by atoms with Crippen LogP contribution in [0.4, 0.5) is 4.79 Å². The maximum atomic E-state index is 12.5. The van der Waals surface area contributed by atoms with Crippen LogP contribution in [0.25, 0.3) is 0 Å². The number of carboxylic acids is 1. The third-order valence-corrected chi connectivity index (χ3v) is 5.22. The summed E-state index contributed by atoms with van der Waals surface area (Å²) in [7, 11) is 1.81. The van der Waals surface area contributed by atoms with Crippen molar-refractivity contribution in [3.05, 3.63) is 35.4 Å². The fraction of sp³-hybridized carbons (Fsp3) is 0.600. The van der Waals surface area contributed by atoms with Crippen LogP contribution in [0.1, 0.15) is 50.7 Å². The van der Waals surface area contributed by atoms with E-state index in [4.69, 9.17) is 5.11 Å². The van der Waals surface area contributed by atoms with Gasteiger partial charge in [-0.15, -0.1) is 0 Å². The van der Waals surface area contributed by atoms with Crippen molar-refractivity contribution in [1.82, 2.24) is 10.2 Å². The van der Waals surface area contributed by atoms with Crippen LogP contribution in [0.3, 0.4) is 0 Å². The van der Waals surface area contributed by atoms with Crippen molar-refractivity contribution in [1.29, 1.82) is 0 Å². The molecule has 0 spiro atoms. The lowest BCUT2D eigenvalue weighted by Gasteiger charge is -2.33. The van der Waals surface area contributed by atoms with E-state index in [0.717, 1.165) is 12.8 Å². The van der Waals surface area contributed by atoms with E-state index in [1.54, 1.807) is 4.90 Å². The molecule has 0 saturated heterocycles. The first-order chi connectivity index (χ1) is 11.7. The Morgan fingerprint density at radius 2 is 1.72 bits per heavy atom. The molecule has 1 aliphatic rings. The molecular formula is C20H30N2O3. The quantitative estimate of drug-likeness (QED) is 0.856. The molecular weight excluding hydrogens is 316 g/mol.